The third-order valence-corrected chi connectivity index (χ3v) is 7.72. The molecule has 6 atom stereocenters. The van der Waals surface area contributed by atoms with E-state index >= 15 is 8.78 Å². The number of fused-ring (bicyclic) bond motifs is 2. The van der Waals surface area contributed by atoms with Crippen LogP contribution in [-0.4, -0.2) is 44.4 Å². The third kappa shape index (κ3) is 3.10. The molecule has 0 aromatic heterocycles. The molecule has 6 nitrogen and oxygen atoms in total. The fourth-order valence-corrected chi connectivity index (χ4v) is 6.39. The Morgan fingerprint density at radius 3 is 1.96 bits per heavy atom. The molecule has 0 aromatic rings. The average molecular weight is 390 g/mol. The van der Waals surface area contributed by atoms with E-state index in [0.29, 0.717) is 6.42 Å². The summed E-state index contributed by atoms with van der Waals surface area (Å²) in [5.74, 6) is -1.55. The van der Waals surface area contributed by atoms with Crippen molar-refractivity contribution in [3.63, 3.8) is 0 Å². The molecule has 2 saturated carbocycles. The Hall–Kier alpha value is -0.320. The van der Waals surface area contributed by atoms with Crippen molar-refractivity contribution in [2.75, 3.05) is 6.26 Å². The number of hydrogen-bond acceptors (Lipinski definition) is 5. The predicted molar refractivity (Wildman–Crippen MR) is 83.8 cm³/mol. The predicted octanol–water partition coefficient (Wildman–Crippen LogP) is 2.46. The normalized spacial score (nSPS) is 35.6. The zero-order chi connectivity index (χ0) is 18.6. The maximum Gasteiger partial charge on any atom is 0.303 e. The molecular weight excluding hydrogens is 366 g/mol. The average Bonchev–Trinajstić information content (AvgIpc) is 3.02. The molecule has 2 aliphatic carbocycles. The van der Waals surface area contributed by atoms with Crippen molar-refractivity contribution in [1.29, 1.82) is 0 Å². The van der Waals surface area contributed by atoms with E-state index in [2.05, 4.69) is 0 Å². The summed E-state index contributed by atoms with van der Waals surface area (Å²) in [6.45, 7) is 2.53. The van der Waals surface area contributed by atoms with Crippen LogP contribution >= 0.6 is 0 Å². The highest BCUT2D eigenvalue weighted by molar-refractivity contribution is 7.87. The van der Waals surface area contributed by atoms with Crippen LogP contribution in [0.25, 0.3) is 0 Å². The third-order valence-electron chi connectivity index (χ3n) is 5.68. The molecule has 10 heteroatoms. The van der Waals surface area contributed by atoms with E-state index in [4.69, 9.17) is 4.18 Å². The second kappa shape index (κ2) is 6.14. The largest absolute Gasteiger partial charge is 0.303 e. The highest BCUT2D eigenvalue weighted by Gasteiger charge is 2.67. The summed E-state index contributed by atoms with van der Waals surface area (Å²) < 4.78 is 90.6. The second-order valence-electron chi connectivity index (χ2n) is 6.95. The molecule has 2 rings (SSSR count). The molecule has 0 saturated heterocycles. The minimum absolute atomic E-state index is 0.135. The van der Waals surface area contributed by atoms with Gasteiger partial charge in [-0.05, 0) is 43.9 Å². The van der Waals surface area contributed by atoms with Gasteiger partial charge in [-0.2, -0.15) is 16.8 Å². The van der Waals surface area contributed by atoms with E-state index < -0.39 is 55.8 Å². The molecule has 1 N–H and O–H groups in total. The monoisotopic (exact) mass is 390 g/mol. The van der Waals surface area contributed by atoms with Gasteiger partial charge in [0, 0.05) is 5.92 Å². The van der Waals surface area contributed by atoms with Gasteiger partial charge >= 0.3 is 10.1 Å². The van der Waals surface area contributed by atoms with Crippen molar-refractivity contribution >= 4 is 20.2 Å². The van der Waals surface area contributed by atoms with Gasteiger partial charge < -0.3 is 0 Å². The number of hydrogen-bond donors (Lipinski definition) is 1. The van der Waals surface area contributed by atoms with Crippen LogP contribution in [0, 0.1) is 17.8 Å². The van der Waals surface area contributed by atoms with Gasteiger partial charge in [0.1, 0.15) is 0 Å². The molecule has 2 bridgehead atoms. The molecule has 0 amide bonds. The van der Waals surface area contributed by atoms with Gasteiger partial charge in [-0.3, -0.25) is 8.74 Å². The molecule has 0 spiro atoms. The van der Waals surface area contributed by atoms with Crippen LogP contribution in [0.3, 0.4) is 0 Å². The summed E-state index contributed by atoms with van der Waals surface area (Å²) in [5.41, 5.74) is -2.73. The van der Waals surface area contributed by atoms with Crippen LogP contribution in [0.1, 0.15) is 46.0 Å². The van der Waals surface area contributed by atoms with E-state index in [1.807, 2.05) is 0 Å². The van der Waals surface area contributed by atoms with Gasteiger partial charge in [0.25, 0.3) is 15.1 Å². The zero-order valence-corrected chi connectivity index (χ0v) is 15.5. The first-order chi connectivity index (χ1) is 10.8. The lowest BCUT2D eigenvalue weighted by atomic mass is 9.72. The number of alkyl halides is 2. The van der Waals surface area contributed by atoms with E-state index in [1.165, 1.54) is 13.8 Å². The van der Waals surface area contributed by atoms with Crippen LogP contribution in [0.5, 0.6) is 0 Å². The summed E-state index contributed by atoms with van der Waals surface area (Å²) >= 11 is 0. The number of rotatable bonds is 7. The lowest BCUT2D eigenvalue weighted by Crippen LogP contribution is -2.58. The van der Waals surface area contributed by atoms with Crippen molar-refractivity contribution in [2.45, 2.75) is 62.7 Å². The molecule has 6 unspecified atom stereocenters. The summed E-state index contributed by atoms with van der Waals surface area (Å²) in [6.07, 6.45) is 0.0842. The van der Waals surface area contributed by atoms with Crippen molar-refractivity contribution in [2.24, 2.45) is 17.8 Å². The Kier molecular flexibility index (Phi) is 5.11. The Morgan fingerprint density at radius 2 is 1.62 bits per heavy atom. The van der Waals surface area contributed by atoms with Gasteiger partial charge in [-0.1, -0.05) is 13.8 Å². The van der Waals surface area contributed by atoms with Gasteiger partial charge in [0.2, 0.25) is 0 Å². The molecule has 2 fully saturated rings. The fraction of sp³-hybridized carbons (Fsp3) is 1.00. The molecule has 0 radical (unpaired) electrons. The maximum atomic E-state index is 15.6. The highest BCUT2D eigenvalue weighted by Crippen LogP contribution is 2.59. The van der Waals surface area contributed by atoms with Crippen molar-refractivity contribution in [1.82, 2.24) is 0 Å². The van der Waals surface area contributed by atoms with Crippen LogP contribution in [0.4, 0.5) is 8.78 Å². The minimum Gasteiger partial charge on any atom is -0.283 e. The Labute approximate surface area is 141 Å². The molecule has 2 aliphatic rings. The minimum atomic E-state index is -5.25. The zero-order valence-electron chi connectivity index (χ0n) is 13.9. The molecular formula is C14H24F2O6S2. The first-order valence-electron chi connectivity index (χ1n) is 8.02. The second-order valence-corrected chi connectivity index (χ2v) is 10.1. The molecule has 0 aromatic carbocycles. The standard InChI is InChI=1S/C14H24F2O6S2/c1-4-13(15,14(16,5-2)24(19,20)21)11-7-10-6-9(11)8-12(10)22-23(3,17)18/h9-12H,4-8H2,1-3H3,(H,19,20,21). The van der Waals surface area contributed by atoms with Gasteiger partial charge in [0.05, 0.1) is 12.4 Å². The quantitative estimate of drug-likeness (QED) is 0.530. The maximum absolute atomic E-state index is 15.6. The van der Waals surface area contributed by atoms with Gasteiger partial charge in [0.15, 0.2) is 5.67 Å². The molecule has 0 heterocycles. The van der Waals surface area contributed by atoms with Crippen LogP contribution in [0.2, 0.25) is 0 Å². The molecule has 142 valence electrons. The van der Waals surface area contributed by atoms with Crippen molar-refractivity contribution < 1.29 is 34.4 Å². The lowest BCUT2D eigenvalue weighted by Gasteiger charge is -2.44. The SMILES string of the molecule is CCC(F)(C1CC2CC1CC2OS(C)(=O)=O)C(F)(CC)S(=O)(=O)O. The van der Waals surface area contributed by atoms with Crippen LogP contribution in [0.15, 0.2) is 0 Å². The number of halogens is 2. The topological polar surface area (TPSA) is 97.7 Å². The Morgan fingerprint density at radius 1 is 1.04 bits per heavy atom. The highest BCUT2D eigenvalue weighted by atomic mass is 32.2. The van der Waals surface area contributed by atoms with Crippen LogP contribution in [-0.2, 0) is 24.4 Å². The van der Waals surface area contributed by atoms with Crippen molar-refractivity contribution in [3.8, 4) is 0 Å². The smallest absolute Gasteiger partial charge is 0.283 e. The summed E-state index contributed by atoms with van der Waals surface area (Å²) in [4.78, 5) is 0. The van der Waals surface area contributed by atoms with Gasteiger partial charge in [-0.15, -0.1) is 0 Å². The summed E-state index contributed by atoms with van der Waals surface area (Å²) in [6, 6.07) is 0. The van der Waals surface area contributed by atoms with E-state index in [0.717, 1.165) is 6.26 Å². The first kappa shape index (κ1) is 20.0. The van der Waals surface area contributed by atoms with E-state index in [9.17, 15) is 21.4 Å². The summed E-state index contributed by atoms with van der Waals surface area (Å²) in [7, 11) is -8.90. The van der Waals surface area contributed by atoms with Crippen molar-refractivity contribution in [3.05, 3.63) is 0 Å². The lowest BCUT2D eigenvalue weighted by molar-refractivity contribution is -0.0669. The molecule has 24 heavy (non-hydrogen) atoms. The Balaban J connectivity index is 2.29. The van der Waals surface area contributed by atoms with Gasteiger partial charge in [-0.25, -0.2) is 8.78 Å². The van der Waals surface area contributed by atoms with Crippen LogP contribution < -0.4 is 0 Å². The Bertz CT molecular complexity index is 694. The first-order valence-corrected chi connectivity index (χ1v) is 11.3. The van der Waals surface area contributed by atoms with E-state index in [-0.39, 0.29) is 24.7 Å². The fourth-order valence-electron chi connectivity index (χ4n) is 4.62. The molecule has 0 aliphatic heterocycles. The summed E-state index contributed by atoms with van der Waals surface area (Å²) in [5, 5.41) is -3.38. The van der Waals surface area contributed by atoms with E-state index in [1.54, 1.807) is 0 Å².